The summed E-state index contributed by atoms with van der Waals surface area (Å²) in [4.78, 5) is 15.8. The number of aromatic nitrogens is 5. The summed E-state index contributed by atoms with van der Waals surface area (Å²) in [5, 5.41) is 17.0. The number of benzene rings is 2. The zero-order chi connectivity index (χ0) is 19.5. The van der Waals surface area contributed by atoms with E-state index in [-0.39, 0.29) is 0 Å². The highest BCUT2D eigenvalue weighted by atomic mass is 79.9. The van der Waals surface area contributed by atoms with Crippen LogP contribution in [0.25, 0.3) is 33.6 Å². The van der Waals surface area contributed by atoms with Crippen LogP contribution in [0.1, 0.15) is 0 Å². The largest absolute Gasteiger partial charge is 0.351 e. The summed E-state index contributed by atoms with van der Waals surface area (Å²) in [7, 11) is 0. The van der Waals surface area contributed by atoms with Gasteiger partial charge in [-0.2, -0.15) is 5.21 Å². The highest BCUT2D eigenvalue weighted by Gasteiger charge is 2.22. The number of carbonyl (C=O) groups excluding carboxylic acids is 1. The van der Waals surface area contributed by atoms with Crippen LogP contribution < -0.4 is 11.1 Å². The molecule has 28 heavy (non-hydrogen) atoms. The Kier molecular flexibility index (Phi) is 4.81. The summed E-state index contributed by atoms with van der Waals surface area (Å²) < 4.78 is 0.804. The number of hydrogen-bond donors (Lipinski definition) is 3. The molecule has 0 radical (unpaired) electrons. The number of urea groups is 1. The highest BCUT2D eigenvalue weighted by Crippen LogP contribution is 2.44. The van der Waals surface area contributed by atoms with Crippen molar-refractivity contribution >= 4 is 27.6 Å². The quantitative estimate of drug-likeness (QED) is 0.449. The SMILES string of the molecule is NC(=O)Nc1ccc(Br)c(-c2ccccc2-c2cccnc2)c1-c1nn[nH]n1. The number of H-pyrrole nitrogens is 1. The number of nitrogens with zero attached hydrogens (tertiary/aromatic N) is 4. The molecule has 0 bridgehead atoms. The van der Waals surface area contributed by atoms with Crippen molar-refractivity contribution in [2.24, 2.45) is 5.73 Å². The third-order valence-corrected chi connectivity index (χ3v) is 4.81. The van der Waals surface area contributed by atoms with Crippen molar-refractivity contribution in [3.63, 3.8) is 0 Å². The maximum atomic E-state index is 11.5. The summed E-state index contributed by atoms with van der Waals surface area (Å²) in [6, 6.07) is 14.6. The van der Waals surface area contributed by atoms with Crippen LogP contribution in [0.15, 0.2) is 65.4 Å². The van der Waals surface area contributed by atoms with Gasteiger partial charge in [0.1, 0.15) is 0 Å². The molecule has 0 unspecified atom stereocenters. The summed E-state index contributed by atoms with van der Waals surface area (Å²) in [6.45, 7) is 0. The van der Waals surface area contributed by atoms with Gasteiger partial charge < -0.3 is 11.1 Å². The fourth-order valence-corrected chi connectivity index (χ4v) is 3.60. The second-order valence-electron chi connectivity index (χ2n) is 5.86. The van der Waals surface area contributed by atoms with Crippen molar-refractivity contribution in [3.8, 4) is 33.6 Å². The molecule has 4 aromatic rings. The van der Waals surface area contributed by atoms with Crippen molar-refractivity contribution in [2.75, 3.05) is 5.32 Å². The second-order valence-corrected chi connectivity index (χ2v) is 6.71. The van der Waals surface area contributed by atoms with Crippen LogP contribution in [0.4, 0.5) is 10.5 Å². The number of carbonyl (C=O) groups is 1. The molecule has 138 valence electrons. The van der Waals surface area contributed by atoms with Gasteiger partial charge in [-0.3, -0.25) is 4.98 Å². The van der Waals surface area contributed by atoms with Crippen LogP contribution in [0.2, 0.25) is 0 Å². The van der Waals surface area contributed by atoms with Crippen molar-refractivity contribution in [3.05, 3.63) is 65.4 Å². The topological polar surface area (TPSA) is 122 Å². The van der Waals surface area contributed by atoms with E-state index in [1.165, 1.54) is 0 Å². The average Bonchev–Trinajstić information content (AvgIpc) is 3.24. The van der Waals surface area contributed by atoms with Gasteiger partial charge in [0.05, 0.1) is 11.3 Å². The van der Waals surface area contributed by atoms with Gasteiger partial charge in [0.25, 0.3) is 0 Å². The van der Waals surface area contributed by atoms with E-state index in [1.807, 2.05) is 42.5 Å². The number of hydrogen-bond acceptors (Lipinski definition) is 5. The first kappa shape index (κ1) is 17.8. The van der Waals surface area contributed by atoms with Gasteiger partial charge in [0.2, 0.25) is 5.82 Å². The van der Waals surface area contributed by atoms with E-state index in [1.54, 1.807) is 18.5 Å². The monoisotopic (exact) mass is 435 g/mol. The number of nitrogens with two attached hydrogens (primary N) is 1. The predicted molar refractivity (Wildman–Crippen MR) is 109 cm³/mol. The maximum absolute atomic E-state index is 11.5. The molecule has 8 nitrogen and oxygen atoms in total. The van der Waals surface area contributed by atoms with Crippen LogP contribution in [0, 0.1) is 0 Å². The number of anilines is 1. The van der Waals surface area contributed by atoms with Gasteiger partial charge in [-0.05, 0) is 34.5 Å². The van der Waals surface area contributed by atoms with Gasteiger partial charge in [-0.1, -0.05) is 46.3 Å². The normalized spacial score (nSPS) is 10.6. The molecule has 0 fully saturated rings. The Bertz CT molecular complexity index is 1130. The van der Waals surface area contributed by atoms with Crippen LogP contribution in [-0.4, -0.2) is 31.6 Å². The molecule has 0 aliphatic carbocycles. The van der Waals surface area contributed by atoms with Gasteiger partial charge in [0.15, 0.2) is 0 Å². The van der Waals surface area contributed by atoms with E-state index in [2.05, 4.69) is 46.9 Å². The molecular weight excluding hydrogens is 422 g/mol. The van der Waals surface area contributed by atoms with Gasteiger partial charge >= 0.3 is 6.03 Å². The molecule has 2 heterocycles. The molecule has 0 aliphatic rings. The van der Waals surface area contributed by atoms with Crippen LogP contribution in [0.5, 0.6) is 0 Å². The van der Waals surface area contributed by atoms with E-state index in [4.69, 9.17) is 5.73 Å². The number of pyridine rings is 1. The number of nitrogens with one attached hydrogen (secondary N) is 2. The lowest BCUT2D eigenvalue weighted by Gasteiger charge is -2.17. The molecule has 2 amide bonds. The van der Waals surface area contributed by atoms with E-state index in [9.17, 15) is 4.79 Å². The molecule has 4 rings (SSSR count). The first-order chi connectivity index (χ1) is 13.6. The van der Waals surface area contributed by atoms with E-state index in [0.29, 0.717) is 17.1 Å². The Morgan fingerprint density at radius 3 is 2.54 bits per heavy atom. The van der Waals surface area contributed by atoms with E-state index in [0.717, 1.165) is 26.7 Å². The molecule has 0 saturated heterocycles. The van der Waals surface area contributed by atoms with Crippen molar-refractivity contribution in [1.82, 2.24) is 25.6 Å². The van der Waals surface area contributed by atoms with Gasteiger partial charge in [0, 0.05) is 28.0 Å². The number of amides is 2. The van der Waals surface area contributed by atoms with Crippen molar-refractivity contribution < 1.29 is 4.79 Å². The standard InChI is InChI=1S/C19H14BrN7O/c20-14-7-8-15(23-19(21)28)17(18-24-26-27-25-18)16(14)13-6-2-1-5-12(13)11-4-3-9-22-10-11/h1-10H,(H3,21,23,28)(H,24,25,26,27). The molecular formula is C19H14BrN7O. The van der Waals surface area contributed by atoms with Crippen molar-refractivity contribution in [2.45, 2.75) is 0 Å². The lowest BCUT2D eigenvalue weighted by Crippen LogP contribution is -2.20. The van der Waals surface area contributed by atoms with E-state index < -0.39 is 6.03 Å². The molecule has 2 aromatic heterocycles. The first-order valence-corrected chi connectivity index (χ1v) is 9.07. The fraction of sp³-hybridized carbons (Fsp3) is 0. The zero-order valence-corrected chi connectivity index (χ0v) is 16.0. The number of rotatable bonds is 4. The Labute approximate surface area is 168 Å². The Balaban J connectivity index is 2.03. The maximum Gasteiger partial charge on any atom is 0.316 e. The molecule has 2 aromatic carbocycles. The van der Waals surface area contributed by atoms with Crippen molar-refractivity contribution in [1.29, 1.82) is 0 Å². The van der Waals surface area contributed by atoms with Gasteiger partial charge in [-0.15, -0.1) is 10.2 Å². The molecule has 0 spiro atoms. The van der Waals surface area contributed by atoms with E-state index >= 15 is 0 Å². The number of primary amides is 1. The second kappa shape index (κ2) is 7.57. The summed E-state index contributed by atoms with van der Waals surface area (Å²) in [5.41, 5.74) is 10.1. The first-order valence-electron chi connectivity index (χ1n) is 8.27. The Hall–Kier alpha value is -3.59. The predicted octanol–water partition coefficient (Wildman–Crippen LogP) is 3.85. The summed E-state index contributed by atoms with van der Waals surface area (Å²) in [6.07, 6.45) is 3.52. The lowest BCUT2D eigenvalue weighted by atomic mass is 9.91. The summed E-state index contributed by atoms with van der Waals surface area (Å²) in [5.74, 6) is 0.334. The minimum atomic E-state index is -0.682. The third kappa shape index (κ3) is 3.35. The highest BCUT2D eigenvalue weighted by molar-refractivity contribution is 9.10. The minimum absolute atomic E-state index is 0.334. The molecule has 4 N–H and O–H groups in total. The third-order valence-electron chi connectivity index (χ3n) is 4.15. The molecule has 9 heteroatoms. The molecule has 0 saturated carbocycles. The van der Waals surface area contributed by atoms with Gasteiger partial charge in [-0.25, -0.2) is 4.79 Å². The fourth-order valence-electron chi connectivity index (χ4n) is 3.05. The van der Waals surface area contributed by atoms with Crippen LogP contribution in [0.3, 0.4) is 0 Å². The average molecular weight is 436 g/mol. The molecule has 0 aliphatic heterocycles. The van der Waals surface area contributed by atoms with Crippen LogP contribution >= 0.6 is 15.9 Å². The number of aromatic amines is 1. The minimum Gasteiger partial charge on any atom is -0.351 e. The smallest absolute Gasteiger partial charge is 0.316 e. The number of tetrazole rings is 1. The Morgan fingerprint density at radius 1 is 1.04 bits per heavy atom. The van der Waals surface area contributed by atoms with Crippen LogP contribution in [-0.2, 0) is 0 Å². The number of halogens is 1. The molecule has 0 atom stereocenters. The lowest BCUT2D eigenvalue weighted by molar-refractivity contribution is 0.259. The zero-order valence-electron chi connectivity index (χ0n) is 14.4. The summed E-state index contributed by atoms with van der Waals surface area (Å²) >= 11 is 3.63. The Morgan fingerprint density at radius 2 is 1.86 bits per heavy atom.